The van der Waals surface area contributed by atoms with Gasteiger partial charge in [0, 0.05) is 13.1 Å². The van der Waals surface area contributed by atoms with Crippen molar-refractivity contribution >= 4 is 6.09 Å². The SMILES string of the molecule is [CH2]OC(=O)N(CCCC)CCCC. The molecule has 0 aromatic heterocycles. The Kier molecular flexibility index (Phi) is 7.45. The number of hydrogen-bond donors (Lipinski definition) is 0. The number of ether oxygens (including phenoxy) is 1. The van der Waals surface area contributed by atoms with Crippen molar-refractivity contribution in [1.29, 1.82) is 0 Å². The van der Waals surface area contributed by atoms with Crippen molar-refractivity contribution in [3.8, 4) is 0 Å². The van der Waals surface area contributed by atoms with Crippen LogP contribution in [0, 0.1) is 7.11 Å². The minimum Gasteiger partial charge on any atom is -0.446 e. The maximum Gasteiger partial charge on any atom is 0.409 e. The van der Waals surface area contributed by atoms with E-state index in [0.717, 1.165) is 38.8 Å². The third kappa shape index (κ3) is 5.50. The third-order valence-electron chi connectivity index (χ3n) is 1.94. The summed E-state index contributed by atoms with van der Waals surface area (Å²) >= 11 is 0. The summed E-state index contributed by atoms with van der Waals surface area (Å²) < 4.78 is 4.44. The van der Waals surface area contributed by atoms with Crippen molar-refractivity contribution in [3.63, 3.8) is 0 Å². The van der Waals surface area contributed by atoms with E-state index >= 15 is 0 Å². The fourth-order valence-corrected chi connectivity index (χ4v) is 1.08. The second-order valence-electron chi connectivity index (χ2n) is 3.10. The van der Waals surface area contributed by atoms with Crippen molar-refractivity contribution in [2.75, 3.05) is 13.1 Å². The molecule has 1 radical (unpaired) electrons. The van der Waals surface area contributed by atoms with E-state index in [1.807, 2.05) is 0 Å². The van der Waals surface area contributed by atoms with Gasteiger partial charge >= 0.3 is 6.09 Å². The average Bonchev–Trinajstić information content (AvgIpc) is 2.17. The first-order valence-corrected chi connectivity index (χ1v) is 4.97. The first kappa shape index (κ1) is 12.3. The number of hydrogen-bond acceptors (Lipinski definition) is 2. The molecule has 0 saturated carbocycles. The molecule has 0 fully saturated rings. The second kappa shape index (κ2) is 7.90. The van der Waals surface area contributed by atoms with Crippen molar-refractivity contribution in [2.24, 2.45) is 0 Å². The van der Waals surface area contributed by atoms with Gasteiger partial charge in [0.05, 0.1) is 0 Å². The third-order valence-corrected chi connectivity index (χ3v) is 1.94. The van der Waals surface area contributed by atoms with E-state index in [2.05, 4.69) is 25.7 Å². The van der Waals surface area contributed by atoms with Gasteiger partial charge < -0.3 is 9.64 Å². The Hall–Kier alpha value is -0.730. The first-order chi connectivity index (χ1) is 6.26. The van der Waals surface area contributed by atoms with Gasteiger partial charge in [0.2, 0.25) is 0 Å². The Morgan fingerprint density at radius 2 is 1.69 bits per heavy atom. The van der Waals surface area contributed by atoms with E-state index in [9.17, 15) is 4.79 Å². The highest BCUT2D eigenvalue weighted by atomic mass is 16.5. The van der Waals surface area contributed by atoms with Crippen molar-refractivity contribution in [3.05, 3.63) is 7.11 Å². The lowest BCUT2D eigenvalue weighted by atomic mass is 10.3. The standard InChI is InChI=1S/C10H20NO2/c1-4-6-8-11(9-7-5-2)10(12)13-3/h3-9H2,1-2H3. The van der Waals surface area contributed by atoms with Gasteiger partial charge in [-0.05, 0) is 12.8 Å². The molecule has 0 aromatic rings. The van der Waals surface area contributed by atoms with Gasteiger partial charge in [0.1, 0.15) is 7.11 Å². The zero-order valence-electron chi connectivity index (χ0n) is 8.71. The monoisotopic (exact) mass is 186 g/mol. The van der Waals surface area contributed by atoms with Crippen LogP contribution in [0.15, 0.2) is 0 Å². The molecular formula is C10H20NO2. The average molecular weight is 186 g/mol. The maximum absolute atomic E-state index is 11.2. The summed E-state index contributed by atoms with van der Waals surface area (Å²) in [7, 11) is 3.13. The predicted octanol–water partition coefficient (Wildman–Crippen LogP) is 2.82. The zero-order valence-corrected chi connectivity index (χ0v) is 8.71. The fraction of sp³-hybridized carbons (Fsp3) is 0.800. The van der Waals surface area contributed by atoms with Gasteiger partial charge in [-0.15, -0.1) is 0 Å². The van der Waals surface area contributed by atoms with Crippen LogP contribution in [-0.4, -0.2) is 24.1 Å². The Bertz CT molecular complexity index is 129. The normalized spacial score (nSPS) is 9.77. The molecule has 0 heterocycles. The van der Waals surface area contributed by atoms with Crippen molar-refractivity contribution in [2.45, 2.75) is 39.5 Å². The van der Waals surface area contributed by atoms with Crippen molar-refractivity contribution in [1.82, 2.24) is 4.90 Å². The molecule has 0 aromatic carbocycles. The van der Waals surface area contributed by atoms with E-state index in [1.165, 1.54) is 0 Å². The number of amides is 1. The van der Waals surface area contributed by atoms with Gasteiger partial charge in [-0.2, -0.15) is 0 Å². The van der Waals surface area contributed by atoms with Crippen molar-refractivity contribution < 1.29 is 9.53 Å². The van der Waals surface area contributed by atoms with Crippen LogP contribution in [0.1, 0.15) is 39.5 Å². The molecule has 0 bridgehead atoms. The van der Waals surface area contributed by atoms with Crippen LogP contribution in [0.25, 0.3) is 0 Å². The van der Waals surface area contributed by atoms with Gasteiger partial charge in [-0.25, -0.2) is 4.79 Å². The quantitative estimate of drug-likeness (QED) is 0.638. The Morgan fingerprint density at radius 3 is 2.00 bits per heavy atom. The van der Waals surface area contributed by atoms with Crippen LogP contribution < -0.4 is 0 Å². The summed E-state index contributed by atoms with van der Waals surface area (Å²) in [4.78, 5) is 12.9. The molecule has 0 rings (SSSR count). The summed E-state index contributed by atoms with van der Waals surface area (Å²) in [5.74, 6) is 0. The maximum atomic E-state index is 11.2. The largest absolute Gasteiger partial charge is 0.446 e. The van der Waals surface area contributed by atoms with Crippen LogP contribution in [0.3, 0.4) is 0 Å². The molecular weight excluding hydrogens is 166 g/mol. The smallest absolute Gasteiger partial charge is 0.409 e. The fourth-order valence-electron chi connectivity index (χ4n) is 1.08. The number of carbonyl (C=O) groups excluding carboxylic acids is 1. The highest BCUT2D eigenvalue weighted by Crippen LogP contribution is 2.01. The summed E-state index contributed by atoms with van der Waals surface area (Å²) in [6, 6.07) is 0. The van der Waals surface area contributed by atoms with Crippen LogP contribution in [0.5, 0.6) is 0 Å². The minimum atomic E-state index is -0.304. The van der Waals surface area contributed by atoms with Crippen LogP contribution >= 0.6 is 0 Å². The molecule has 0 aliphatic rings. The molecule has 13 heavy (non-hydrogen) atoms. The van der Waals surface area contributed by atoms with Gasteiger partial charge in [0.15, 0.2) is 0 Å². The van der Waals surface area contributed by atoms with E-state index in [-0.39, 0.29) is 6.09 Å². The topological polar surface area (TPSA) is 29.5 Å². The predicted molar refractivity (Wildman–Crippen MR) is 53.2 cm³/mol. The van der Waals surface area contributed by atoms with Crippen LogP contribution in [0.2, 0.25) is 0 Å². The van der Waals surface area contributed by atoms with Gasteiger partial charge in [0.25, 0.3) is 0 Å². The Morgan fingerprint density at radius 1 is 1.23 bits per heavy atom. The molecule has 3 heteroatoms. The molecule has 77 valence electrons. The molecule has 0 aliphatic carbocycles. The Labute approximate surface area is 81.1 Å². The molecule has 1 amide bonds. The number of unbranched alkanes of at least 4 members (excludes halogenated alkanes) is 2. The molecule has 3 nitrogen and oxygen atoms in total. The molecule has 0 aliphatic heterocycles. The first-order valence-electron chi connectivity index (χ1n) is 4.97. The summed E-state index contributed by atoms with van der Waals surface area (Å²) in [6.45, 7) is 5.77. The molecule has 0 unspecified atom stereocenters. The van der Waals surface area contributed by atoms with E-state index < -0.39 is 0 Å². The highest BCUT2D eigenvalue weighted by molar-refractivity contribution is 5.67. The van der Waals surface area contributed by atoms with E-state index in [1.54, 1.807) is 4.90 Å². The lowest BCUT2D eigenvalue weighted by molar-refractivity contribution is 0.134. The van der Waals surface area contributed by atoms with E-state index in [4.69, 9.17) is 0 Å². The molecule has 0 N–H and O–H groups in total. The molecule has 0 saturated heterocycles. The minimum absolute atomic E-state index is 0.304. The van der Waals surface area contributed by atoms with Gasteiger partial charge in [-0.1, -0.05) is 26.7 Å². The summed E-state index contributed by atoms with van der Waals surface area (Å²) in [6.07, 6.45) is 3.93. The lowest BCUT2D eigenvalue weighted by Gasteiger charge is -2.20. The zero-order chi connectivity index (χ0) is 10.1. The van der Waals surface area contributed by atoms with Crippen LogP contribution in [-0.2, 0) is 4.74 Å². The van der Waals surface area contributed by atoms with E-state index in [0.29, 0.717) is 0 Å². The summed E-state index contributed by atoms with van der Waals surface area (Å²) in [5, 5.41) is 0. The number of nitrogens with zero attached hydrogens (tertiary/aromatic N) is 1. The van der Waals surface area contributed by atoms with Gasteiger partial charge in [-0.3, -0.25) is 0 Å². The molecule has 0 spiro atoms. The van der Waals surface area contributed by atoms with Crippen LogP contribution in [0.4, 0.5) is 4.79 Å². The lowest BCUT2D eigenvalue weighted by Crippen LogP contribution is -2.32. The summed E-state index contributed by atoms with van der Waals surface area (Å²) in [5.41, 5.74) is 0. The number of rotatable bonds is 6. The molecule has 0 atom stereocenters. The second-order valence-corrected chi connectivity index (χ2v) is 3.10. The number of carbonyl (C=O) groups is 1. The highest BCUT2D eigenvalue weighted by Gasteiger charge is 2.11. The Balaban J connectivity index is 3.79.